The molecule has 6 atom stereocenters. The minimum Gasteiger partial charge on any atom is -0.505 e. The normalized spacial score (nSPS) is 27.7. The number of halogens is 7. The first kappa shape index (κ1) is 33.9. The number of pyridine rings is 1. The Kier molecular flexibility index (Phi) is 7.79. The van der Waals surface area contributed by atoms with Crippen molar-refractivity contribution >= 4 is 58.3 Å². The number of carbonyl (C=O) groups excluding carboxylic acids is 4. The highest BCUT2D eigenvalue weighted by Gasteiger charge is 2.68. The standard InChI is InChI=1S/C34H25Cl2F5N4O5/c1-33-19(30(48)44(32(33)50)15-4-8-22(37)21(36)12-15)13-18-16(27(33)14-3-9-24(46)23(38)11-14)5-6-17-26(18)31(49)45(29(17)47)43(2)28-20(35)7-10-25(42-28)34(39,40)41/h3-5,7-12,17-19,26-27,46H,6,13H2,1-2H3. The minimum atomic E-state index is -4.85. The number of aromatic nitrogens is 1. The molecule has 0 radical (unpaired) electrons. The topological polar surface area (TPSA) is 111 Å². The zero-order valence-electron chi connectivity index (χ0n) is 26.0. The second-order valence-electron chi connectivity index (χ2n) is 13.0. The summed E-state index contributed by atoms with van der Waals surface area (Å²) in [6.45, 7) is 1.55. The number of alkyl halides is 3. The van der Waals surface area contributed by atoms with Gasteiger partial charge in [0.1, 0.15) is 11.5 Å². The first-order chi connectivity index (χ1) is 23.5. The number of benzene rings is 2. The molecule has 1 saturated carbocycles. The lowest BCUT2D eigenvalue weighted by Gasteiger charge is -2.49. The first-order valence-corrected chi connectivity index (χ1v) is 16.1. The van der Waals surface area contributed by atoms with E-state index in [9.17, 15) is 46.2 Å². The van der Waals surface area contributed by atoms with Crippen LogP contribution in [0.5, 0.6) is 5.75 Å². The molecule has 50 heavy (non-hydrogen) atoms. The zero-order valence-corrected chi connectivity index (χ0v) is 27.5. The molecular formula is C34H25Cl2F5N4O5. The van der Waals surface area contributed by atoms with Crippen LogP contribution in [0.3, 0.4) is 0 Å². The molecule has 260 valence electrons. The Morgan fingerprint density at radius 2 is 1.64 bits per heavy atom. The number of anilines is 2. The summed E-state index contributed by atoms with van der Waals surface area (Å²) in [6.07, 6.45) is -3.29. The van der Waals surface area contributed by atoms with Gasteiger partial charge in [0, 0.05) is 13.0 Å². The summed E-state index contributed by atoms with van der Waals surface area (Å²) in [5.74, 6) is -11.0. The number of hydrogen-bond donors (Lipinski definition) is 1. The molecular weight excluding hydrogens is 710 g/mol. The third-order valence-corrected chi connectivity index (χ3v) is 11.0. The van der Waals surface area contributed by atoms with Gasteiger partial charge in [-0.3, -0.25) is 24.2 Å². The summed E-state index contributed by atoms with van der Waals surface area (Å²) in [7, 11) is 1.18. The van der Waals surface area contributed by atoms with E-state index in [1.807, 2.05) is 0 Å². The van der Waals surface area contributed by atoms with E-state index < -0.39 is 93.7 Å². The number of phenolic OH excluding ortho intramolecular Hbond substituents is 1. The quantitative estimate of drug-likeness (QED) is 0.181. The van der Waals surface area contributed by atoms with E-state index in [1.165, 1.54) is 19.2 Å². The smallest absolute Gasteiger partial charge is 0.433 e. The van der Waals surface area contributed by atoms with Crippen molar-refractivity contribution in [3.05, 3.63) is 93.1 Å². The lowest BCUT2D eigenvalue weighted by molar-refractivity contribution is -0.141. The number of nitrogens with zero attached hydrogens (tertiary/aromatic N) is 4. The number of fused-ring (bicyclic) bond motifs is 4. The van der Waals surface area contributed by atoms with E-state index in [2.05, 4.69) is 4.98 Å². The van der Waals surface area contributed by atoms with Crippen LogP contribution in [0.2, 0.25) is 10.0 Å². The van der Waals surface area contributed by atoms with E-state index in [0.717, 1.165) is 40.2 Å². The van der Waals surface area contributed by atoms with Crippen LogP contribution in [0, 0.1) is 40.7 Å². The summed E-state index contributed by atoms with van der Waals surface area (Å²) >= 11 is 12.2. The molecule has 3 aromatic rings. The summed E-state index contributed by atoms with van der Waals surface area (Å²) in [4.78, 5) is 61.2. The lowest BCUT2D eigenvalue weighted by Crippen LogP contribution is -2.49. The van der Waals surface area contributed by atoms with Gasteiger partial charge < -0.3 is 5.11 Å². The summed E-state index contributed by atoms with van der Waals surface area (Å²) in [5.41, 5.74) is -2.17. The van der Waals surface area contributed by atoms with Crippen molar-refractivity contribution in [2.24, 2.45) is 29.1 Å². The molecule has 1 N–H and O–H groups in total. The highest BCUT2D eigenvalue weighted by atomic mass is 35.5. The van der Waals surface area contributed by atoms with E-state index in [1.54, 1.807) is 13.0 Å². The average molecular weight is 735 g/mol. The number of hydrazine groups is 1. The number of imide groups is 2. The molecule has 2 aliphatic heterocycles. The van der Waals surface area contributed by atoms with Gasteiger partial charge in [-0.15, -0.1) is 0 Å². The van der Waals surface area contributed by atoms with E-state index in [-0.39, 0.29) is 34.1 Å². The van der Waals surface area contributed by atoms with Gasteiger partial charge in [-0.1, -0.05) is 40.9 Å². The summed E-state index contributed by atoms with van der Waals surface area (Å²) < 4.78 is 69.5. The van der Waals surface area contributed by atoms with Crippen molar-refractivity contribution in [3.63, 3.8) is 0 Å². The molecule has 1 aromatic heterocycles. The maximum atomic E-state index is 14.9. The molecule has 2 aromatic carbocycles. The number of allylic oxidation sites excluding steroid dienone is 2. The molecule has 6 unspecified atom stereocenters. The van der Waals surface area contributed by atoms with Crippen LogP contribution in [0.15, 0.2) is 60.2 Å². The van der Waals surface area contributed by atoms with E-state index in [4.69, 9.17) is 23.2 Å². The molecule has 7 rings (SSSR count). The van der Waals surface area contributed by atoms with Gasteiger partial charge in [-0.05, 0) is 73.7 Å². The van der Waals surface area contributed by atoms with Gasteiger partial charge >= 0.3 is 6.18 Å². The predicted octanol–water partition coefficient (Wildman–Crippen LogP) is 6.67. The highest BCUT2D eigenvalue weighted by Crippen LogP contribution is 2.64. The summed E-state index contributed by atoms with van der Waals surface area (Å²) in [6, 6.07) is 8.51. The monoisotopic (exact) mass is 734 g/mol. The molecule has 2 saturated heterocycles. The van der Waals surface area contributed by atoms with Crippen molar-refractivity contribution < 1.29 is 46.2 Å². The Bertz CT molecular complexity index is 2060. The van der Waals surface area contributed by atoms with Gasteiger partial charge in [0.15, 0.2) is 17.4 Å². The molecule has 2 aliphatic carbocycles. The first-order valence-electron chi connectivity index (χ1n) is 15.3. The highest BCUT2D eigenvalue weighted by molar-refractivity contribution is 6.33. The average Bonchev–Trinajstić information content (AvgIpc) is 3.42. The van der Waals surface area contributed by atoms with Crippen LogP contribution in [-0.4, -0.2) is 45.8 Å². The van der Waals surface area contributed by atoms with Gasteiger partial charge in [-0.2, -0.15) is 18.2 Å². The van der Waals surface area contributed by atoms with Crippen molar-refractivity contribution in [2.75, 3.05) is 17.0 Å². The number of aromatic hydroxyl groups is 1. The van der Waals surface area contributed by atoms with Crippen molar-refractivity contribution in [2.45, 2.75) is 31.9 Å². The van der Waals surface area contributed by atoms with E-state index >= 15 is 0 Å². The van der Waals surface area contributed by atoms with Crippen molar-refractivity contribution in [1.82, 2.24) is 9.99 Å². The van der Waals surface area contributed by atoms with Crippen LogP contribution < -0.4 is 9.91 Å². The molecule has 3 heterocycles. The Labute approximate surface area is 290 Å². The van der Waals surface area contributed by atoms with Gasteiger partial charge in [0.25, 0.3) is 11.8 Å². The lowest BCUT2D eigenvalue weighted by atomic mass is 9.51. The van der Waals surface area contributed by atoms with Crippen LogP contribution >= 0.6 is 23.2 Å². The number of amides is 4. The third kappa shape index (κ3) is 4.82. The predicted molar refractivity (Wildman–Crippen MR) is 169 cm³/mol. The number of rotatable bonds is 4. The number of hydrogen-bond acceptors (Lipinski definition) is 7. The Morgan fingerprint density at radius 1 is 0.920 bits per heavy atom. The molecule has 3 fully saturated rings. The maximum Gasteiger partial charge on any atom is 0.433 e. The fourth-order valence-electron chi connectivity index (χ4n) is 8.16. The maximum absolute atomic E-state index is 14.9. The van der Waals surface area contributed by atoms with E-state index in [0.29, 0.717) is 16.6 Å². The summed E-state index contributed by atoms with van der Waals surface area (Å²) in [5, 5.41) is 10.9. The second-order valence-corrected chi connectivity index (χ2v) is 13.8. The SMILES string of the molecule is CN(c1nc(C(F)(F)F)ccc1Cl)N1C(=O)C2CC=C3C(CC4C(=O)N(c5ccc(F)c(Cl)c5)C(=O)C4(C)C3c3ccc(O)c(F)c3)C2C1=O. The fourth-order valence-corrected chi connectivity index (χ4v) is 8.56. The number of phenols is 1. The third-order valence-electron chi connectivity index (χ3n) is 10.4. The molecule has 9 nitrogen and oxygen atoms in total. The van der Waals surface area contributed by atoms with Crippen molar-refractivity contribution in [1.29, 1.82) is 0 Å². The molecule has 0 spiro atoms. The van der Waals surface area contributed by atoms with Crippen LogP contribution in [0.1, 0.15) is 36.9 Å². The van der Waals surface area contributed by atoms with Crippen LogP contribution in [0.4, 0.5) is 33.5 Å². The number of carbonyl (C=O) groups is 4. The van der Waals surface area contributed by atoms with Gasteiger partial charge in [0.05, 0.1) is 38.9 Å². The van der Waals surface area contributed by atoms with Crippen molar-refractivity contribution in [3.8, 4) is 5.75 Å². The van der Waals surface area contributed by atoms with Gasteiger partial charge in [0.2, 0.25) is 11.8 Å². The van der Waals surface area contributed by atoms with Crippen LogP contribution in [0.25, 0.3) is 0 Å². The minimum absolute atomic E-state index is 0.00197. The molecule has 16 heteroatoms. The molecule has 4 aliphatic rings. The largest absolute Gasteiger partial charge is 0.505 e. The Morgan fingerprint density at radius 3 is 2.30 bits per heavy atom. The fraction of sp³-hybridized carbons (Fsp3) is 0.324. The molecule has 4 amide bonds. The Hall–Kier alpha value is -4.56. The Balaban J connectivity index is 1.33. The zero-order chi connectivity index (χ0) is 36.2. The van der Waals surface area contributed by atoms with Gasteiger partial charge in [-0.25, -0.2) is 18.7 Å². The second kappa shape index (κ2) is 11.5. The van der Waals surface area contributed by atoms with Crippen LogP contribution in [-0.2, 0) is 25.4 Å². The molecule has 0 bridgehead atoms.